The Hall–Kier alpha value is -2.40. The van der Waals surface area contributed by atoms with Gasteiger partial charge in [0.1, 0.15) is 11.6 Å². The molecule has 0 unspecified atom stereocenters. The van der Waals surface area contributed by atoms with E-state index in [0.717, 1.165) is 19.2 Å². The number of azo groups is 1. The number of hydrogen-bond acceptors (Lipinski definition) is 4. The molecule has 5 nitrogen and oxygen atoms in total. The lowest BCUT2D eigenvalue weighted by Crippen LogP contribution is -2.52. The second kappa shape index (κ2) is 9.22. The van der Waals surface area contributed by atoms with Crippen molar-refractivity contribution in [2.24, 2.45) is 16.1 Å². The van der Waals surface area contributed by atoms with Gasteiger partial charge in [-0.15, -0.1) is 5.11 Å². The first kappa shape index (κ1) is 25.9. The molecule has 0 amide bonds. The van der Waals surface area contributed by atoms with E-state index >= 15 is 0 Å². The van der Waals surface area contributed by atoms with Crippen molar-refractivity contribution < 1.29 is 30.4 Å². The lowest BCUT2D eigenvalue weighted by molar-refractivity contribution is -0.0506. The summed E-state index contributed by atoms with van der Waals surface area (Å²) in [7, 11) is -4.93. The maximum absolute atomic E-state index is 14.4. The second-order valence-corrected chi connectivity index (χ2v) is 9.64. The Morgan fingerprint density at radius 1 is 1.19 bits per heavy atom. The van der Waals surface area contributed by atoms with Crippen LogP contribution >= 0.6 is 0 Å². The number of alkyl halides is 3. The number of hydrogen-bond donors (Lipinski definition) is 0. The van der Waals surface area contributed by atoms with Crippen molar-refractivity contribution in [3.05, 3.63) is 65.9 Å². The van der Waals surface area contributed by atoms with E-state index in [9.17, 15) is 30.4 Å². The number of halogens is 5. The fourth-order valence-corrected chi connectivity index (χ4v) is 4.46. The number of allylic oxidation sites excluding steroid dienone is 2. The van der Waals surface area contributed by atoms with E-state index in [1.54, 1.807) is 0 Å². The minimum atomic E-state index is -5.72. The first-order valence-corrected chi connectivity index (χ1v) is 11.1. The number of sulfonamides is 1. The quantitative estimate of drug-likeness (QED) is 0.486. The molecule has 32 heavy (non-hydrogen) atoms. The highest BCUT2D eigenvalue weighted by Gasteiger charge is 2.54. The first-order chi connectivity index (χ1) is 14.7. The van der Waals surface area contributed by atoms with Crippen LogP contribution in [0.15, 0.2) is 58.9 Å². The Kier molecular flexibility index (Phi) is 7.45. The fourth-order valence-electron chi connectivity index (χ4n) is 3.42. The molecule has 176 valence electrons. The van der Waals surface area contributed by atoms with Gasteiger partial charge in [-0.3, -0.25) is 0 Å². The van der Waals surface area contributed by atoms with Crippen LogP contribution in [0.2, 0.25) is 0 Å². The molecule has 1 aromatic rings. The van der Waals surface area contributed by atoms with Gasteiger partial charge < -0.3 is 0 Å². The normalized spacial score (nSPS) is 26.0. The lowest BCUT2D eigenvalue weighted by Gasteiger charge is -2.39. The highest BCUT2D eigenvalue weighted by molar-refractivity contribution is 7.90. The summed E-state index contributed by atoms with van der Waals surface area (Å²) in [6, 6.07) is 3.22. The molecule has 0 radical (unpaired) electrons. The van der Waals surface area contributed by atoms with E-state index in [1.165, 1.54) is 19.1 Å². The Balaban J connectivity index is 2.67. The Labute approximate surface area is 184 Å². The van der Waals surface area contributed by atoms with Crippen molar-refractivity contribution in [3.63, 3.8) is 0 Å². The molecule has 1 heterocycles. The third-order valence-corrected chi connectivity index (χ3v) is 7.49. The predicted molar refractivity (Wildman–Crippen MR) is 112 cm³/mol. The Bertz CT molecular complexity index is 1060. The third-order valence-electron chi connectivity index (χ3n) is 5.79. The van der Waals surface area contributed by atoms with Crippen LogP contribution in [-0.2, 0) is 10.0 Å². The highest BCUT2D eigenvalue weighted by atomic mass is 32.2. The minimum absolute atomic E-state index is 0.0641. The van der Waals surface area contributed by atoms with Crippen molar-refractivity contribution >= 4 is 15.7 Å². The van der Waals surface area contributed by atoms with Crippen molar-refractivity contribution in [2.75, 3.05) is 7.05 Å². The summed E-state index contributed by atoms with van der Waals surface area (Å²) in [5, 5.41) is 7.64. The summed E-state index contributed by atoms with van der Waals surface area (Å²) in [5.74, 6) is -2.15. The summed E-state index contributed by atoms with van der Waals surface area (Å²) < 4.78 is 92.8. The van der Waals surface area contributed by atoms with E-state index in [-0.39, 0.29) is 34.5 Å². The van der Waals surface area contributed by atoms with Gasteiger partial charge in [0.25, 0.3) is 0 Å². The largest absolute Gasteiger partial charge is 0.511 e. The van der Waals surface area contributed by atoms with Crippen molar-refractivity contribution in [1.29, 1.82) is 0 Å². The van der Waals surface area contributed by atoms with Crippen LogP contribution in [0.1, 0.15) is 38.7 Å². The van der Waals surface area contributed by atoms with Gasteiger partial charge in [-0.05, 0) is 55.9 Å². The van der Waals surface area contributed by atoms with Crippen LogP contribution in [0.3, 0.4) is 0 Å². The number of nitrogens with zero attached hydrogens (tertiary/aromatic N) is 3. The highest BCUT2D eigenvalue weighted by Crippen LogP contribution is 2.40. The number of rotatable bonds is 4. The third kappa shape index (κ3) is 4.83. The fraction of sp³-hybridized carbons (Fsp3) is 0.429. The SMILES string of the molecule is C=C1/C=C(c2c(F)cccc2F)\N=N/C(=C)[C@@](C)(N(C)S(=O)(=O)C(F)(F)F)CC[C@@H]1CC. The molecular weight excluding hydrogens is 453 g/mol. The first-order valence-electron chi connectivity index (χ1n) is 9.68. The molecule has 0 spiro atoms. The van der Waals surface area contributed by atoms with Gasteiger partial charge in [0.05, 0.1) is 22.5 Å². The van der Waals surface area contributed by atoms with Gasteiger partial charge >= 0.3 is 15.5 Å². The summed E-state index contributed by atoms with van der Waals surface area (Å²) in [6.07, 6.45) is 2.02. The van der Waals surface area contributed by atoms with Crippen LogP contribution in [0, 0.1) is 17.6 Å². The molecule has 1 aliphatic rings. The van der Waals surface area contributed by atoms with Gasteiger partial charge in [0.2, 0.25) is 0 Å². The van der Waals surface area contributed by atoms with E-state index in [4.69, 9.17) is 0 Å². The van der Waals surface area contributed by atoms with E-state index < -0.39 is 38.3 Å². The lowest BCUT2D eigenvalue weighted by atomic mass is 9.84. The van der Waals surface area contributed by atoms with Crippen LogP contribution in [-0.4, -0.2) is 30.8 Å². The van der Waals surface area contributed by atoms with E-state index in [0.29, 0.717) is 12.0 Å². The van der Waals surface area contributed by atoms with E-state index in [1.807, 2.05) is 6.92 Å². The van der Waals surface area contributed by atoms with Crippen LogP contribution in [0.25, 0.3) is 5.70 Å². The maximum Gasteiger partial charge on any atom is 0.511 e. The average molecular weight is 477 g/mol. The summed E-state index contributed by atoms with van der Waals surface area (Å²) in [6.45, 7) is 10.6. The van der Waals surface area contributed by atoms with Crippen molar-refractivity contribution in [3.8, 4) is 0 Å². The van der Waals surface area contributed by atoms with Gasteiger partial charge in [0, 0.05) is 7.05 Å². The zero-order valence-corrected chi connectivity index (χ0v) is 18.7. The predicted octanol–water partition coefficient (Wildman–Crippen LogP) is 6.19. The zero-order valence-electron chi connectivity index (χ0n) is 17.9. The number of benzene rings is 1. The monoisotopic (exact) mass is 477 g/mol. The molecule has 0 bridgehead atoms. The topological polar surface area (TPSA) is 62.1 Å². The molecule has 2 atom stereocenters. The summed E-state index contributed by atoms with van der Waals surface area (Å²) >= 11 is 0. The van der Waals surface area contributed by atoms with Gasteiger partial charge in [-0.25, -0.2) is 17.2 Å². The van der Waals surface area contributed by atoms with Crippen LogP contribution < -0.4 is 0 Å². The smallest absolute Gasteiger partial charge is 0.206 e. The average Bonchev–Trinajstić information content (AvgIpc) is 2.69. The molecule has 0 saturated heterocycles. The Morgan fingerprint density at radius 2 is 1.75 bits per heavy atom. The standard InChI is InChI=1S/C21H24F5N3O2S/c1-6-15-10-11-20(4,29(5)32(30,31)21(24,25)26)14(3)27-28-18(12-13(15)2)19-16(22)8-7-9-17(19)23/h7-9,12,15H,2-3,6,10-11H2,1,4-5H3/b18-12-,28-27-/t15-,20-/m0/s1. The van der Waals surface area contributed by atoms with E-state index in [2.05, 4.69) is 23.4 Å². The molecular formula is C21H24F5N3O2S. The minimum Gasteiger partial charge on any atom is -0.206 e. The van der Waals surface area contributed by atoms with Gasteiger partial charge in [-0.2, -0.15) is 22.6 Å². The van der Waals surface area contributed by atoms with Gasteiger partial charge in [0.15, 0.2) is 0 Å². The van der Waals surface area contributed by atoms with Crippen molar-refractivity contribution in [1.82, 2.24) is 4.31 Å². The van der Waals surface area contributed by atoms with Crippen LogP contribution in [0.5, 0.6) is 0 Å². The summed E-state index contributed by atoms with van der Waals surface area (Å²) in [4.78, 5) is 0. The molecule has 0 saturated carbocycles. The molecule has 11 heteroatoms. The molecule has 1 aromatic carbocycles. The molecule has 0 fully saturated rings. The molecule has 0 N–H and O–H groups in total. The van der Waals surface area contributed by atoms with Gasteiger partial charge in [-0.1, -0.05) is 26.1 Å². The number of likely N-dealkylation sites (N-methyl/N-ethyl adjacent to an activating group) is 1. The maximum atomic E-state index is 14.4. The molecule has 2 rings (SSSR count). The molecule has 0 aliphatic carbocycles. The van der Waals surface area contributed by atoms with Crippen molar-refractivity contribution in [2.45, 2.75) is 44.2 Å². The molecule has 1 aliphatic heterocycles. The summed E-state index contributed by atoms with van der Waals surface area (Å²) in [5.41, 5.74) is -7.94. The Morgan fingerprint density at radius 3 is 2.25 bits per heavy atom. The molecule has 0 aromatic heterocycles. The zero-order chi connectivity index (χ0) is 24.5. The second-order valence-electron chi connectivity index (χ2n) is 7.68. The van der Waals surface area contributed by atoms with Crippen LogP contribution in [0.4, 0.5) is 22.0 Å².